The number of nitrogens with zero attached hydrogens (tertiary/aromatic N) is 1. The fourth-order valence-electron chi connectivity index (χ4n) is 2.44. The van der Waals surface area contributed by atoms with E-state index in [0.29, 0.717) is 19.0 Å². The first-order valence-electron chi connectivity index (χ1n) is 6.53. The molecule has 0 aromatic heterocycles. The molecule has 1 heterocycles. The van der Waals surface area contributed by atoms with Gasteiger partial charge in [-0.1, -0.05) is 0 Å². The molecule has 2 unspecified atom stereocenters. The average molecular weight is 304 g/mol. The van der Waals surface area contributed by atoms with Gasteiger partial charge >= 0.3 is 0 Å². The number of nitrogens with two attached hydrogens (primary N) is 1. The highest BCUT2D eigenvalue weighted by atomic mass is 32.2. The molecule has 2 rings (SSSR count). The molecule has 2 atom stereocenters. The zero-order chi connectivity index (χ0) is 14.9. The van der Waals surface area contributed by atoms with Gasteiger partial charge in [0.2, 0.25) is 10.0 Å². The minimum Gasteiger partial charge on any atom is -0.328 e. The molecule has 1 aromatic carbocycles. The molecule has 7 heteroatoms. The Bertz CT molecular complexity index is 590. The lowest BCUT2D eigenvalue weighted by Crippen LogP contribution is -2.45. The first-order valence-corrected chi connectivity index (χ1v) is 7.97. The van der Waals surface area contributed by atoms with Crippen LogP contribution in [0.1, 0.15) is 19.8 Å². The third-order valence-electron chi connectivity index (χ3n) is 3.68. The lowest BCUT2D eigenvalue weighted by molar-refractivity contribution is 0.242. The second-order valence-electron chi connectivity index (χ2n) is 5.20. The van der Waals surface area contributed by atoms with Crippen molar-refractivity contribution in [1.29, 1.82) is 0 Å². The summed E-state index contributed by atoms with van der Waals surface area (Å²) >= 11 is 0. The van der Waals surface area contributed by atoms with Crippen molar-refractivity contribution in [1.82, 2.24) is 4.31 Å². The minimum atomic E-state index is -3.94. The minimum absolute atomic E-state index is 0.0574. The third kappa shape index (κ3) is 2.99. The molecule has 1 aliphatic rings. The predicted octanol–water partition coefficient (Wildman–Crippen LogP) is 1.71. The standard InChI is InChI=1S/C13H18F2N2O2S/c1-9(16)10-3-2-6-17(8-10)20(18,19)13-5-4-11(14)7-12(13)15/h4-5,7,9-10H,2-3,6,8,16H2,1H3. The van der Waals surface area contributed by atoms with Crippen LogP contribution in [0.3, 0.4) is 0 Å². The van der Waals surface area contributed by atoms with Crippen LogP contribution in [-0.2, 0) is 10.0 Å². The molecule has 0 spiro atoms. The molecule has 0 radical (unpaired) electrons. The highest BCUT2D eigenvalue weighted by molar-refractivity contribution is 7.89. The van der Waals surface area contributed by atoms with Crippen molar-refractivity contribution in [3.8, 4) is 0 Å². The molecule has 0 saturated carbocycles. The lowest BCUT2D eigenvalue weighted by Gasteiger charge is -2.33. The Morgan fingerprint density at radius 1 is 1.40 bits per heavy atom. The predicted molar refractivity (Wildman–Crippen MR) is 71.5 cm³/mol. The van der Waals surface area contributed by atoms with Gasteiger partial charge in [0.05, 0.1) is 0 Å². The molecule has 1 saturated heterocycles. The Kier molecular flexibility index (Phi) is 4.41. The van der Waals surface area contributed by atoms with E-state index in [1.807, 2.05) is 6.92 Å². The number of halogens is 2. The van der Waals surface area contributed by atoms with E-state index in [2.05, 4.69) is 0 Å². The van der Waals surface area contributed by atoms with Crippen LogP contribution in [0.4, 0.5) is 8.78 Å². The molecule has 1 aliphatic heterocycles. The Hall–Kier alpha value is -1.05. The molecule has 0 aliphatic carbocycles. The highest BCUT2D eigenvalue weighted by Gasteiger charge is 2.33. The molecule has 1 fully saturated rings. The van der Waals surface area contributed by atoms with Crippen LogP contribution in [0, 0.1) is 17.6 Å². The van der Waals surface area contributed by atoms with Gasteiger partial charge in [-0.25, -0.2) is 17.2 Å². The van der Waals surface area contributed by atoms with Gasteiger partial charge in [0.1, 0.15) is 16.5 Å². The maximum atomic E-state index is 13.7. The van der Waals surface area contributed by atoms with Crippen LogP contribution >= 0.6 is 0 Å². The Morgan fingerprint density at radius 3 is 2.70 bits per heavy atom. The smallest absolute Gasteiger partial charge is 0.245 e. The van der Waals surface area contributed by atoms with Crippen molar-refractivity contribution in [2.24, 2.45) is 11.7 Å². The number of rotatable bonds is 3. The van der Waals surface area contributed by atoms with Gasteiger partial charge in [-0.05, 0) is 37.8 Å². The van der Waals surface area contributed by atoms with Crippen molar-refractivity contribution in [2.45, 2.75) is 30.7 Å². The summed E-state index contributed by atoms with van der Waals surface area (Å²) in [4.78, 5) is -0.482. The molecular weight excluding hydrogens is 286 g/mol. The van der Waals surface area contributed by atoms with Crippen molar-refractivity contribution in [3.63, 3.8) is 0 Å². The van der Waals surface area contributed by atoms with Crippen LogP contribution in [0.2, 0.25) is 0 Å². The molecule has 20 heavy (non-hydrogen) atoms. The Morgan fingerprint density at radius 2 is 2.10 bits per heavy atom. The largest absolute Gasteiger partial charge is 0.328 e. The third-order valence-corrected chi connectivity index (χ3v) is 5.57. The van der Waals surface area contributed by atoms with Gasteiger partial charge in [0, 0.05) is 25.2 Å². The average Bonchev–Trinajstić information content (AvgIpc) is 2.38. The van der Waals surface area contributed by atoms with Crippen molar-refractivity contribution in [3.05, 3.63) is 29.8 Å². The fourth-order valence-corrected chi connectivity index (χ4v) is 4.03. The summed E-state index contributed by atoms with van der Waals surface area (Å²) < 4.78 is 52.6. The van der Waals surface area contributed by atoms with Crippen LogP contribution < -0.4 is 5.73 Å². The summed E-state index contributed by atoms with van der Waals surface area (Å²) in [5.41, 5.74) is 5.82. The number of piperidine rings is 1. The maximum Gasteiger partial charge on any atom is 0.245 e. The SMILES string of the molecule is CC(N)C1CCCN(S(=O)(=O)c2ccc(F)cc2F)C1. The maximum absolute atomic E-state index is 13.7. The van der Waals surface area contributed by atoms with E-state index in [0.717, 1.165) is 18.6 Å². The summed E-state index contributed by atoms with van der Waals surface area (Å²) in [5, 5.41) is 0. The van der Waals surface area contributed by atoms with E-state index in [9.17, 15) is 17.2 Å². The molecule has 4 nitrogen and oxygen atoms in total. The van der Waals surface area contributed by atoms with Gasteiger partial charge in [-0.15, -0.1) is 0 Å². The normalized spacial score (nSPS) is 22.7. The second kappa shape index (κ2) is 5.75. The summed E-state index contributed by atoms with van der Waals surface area (Å²) in [6.45, 7) is 2.44. The van der Waals surface area contributed by atoms with Crippen LogP contribution in [0.5, 0.6) is 0 Å². The van der Waals surface area contributed by atoms with Crippen LogP contribution in [0.25, 0.3) is 0 Å². The Labute approximate surface area is 117 Å². The summed E-state index contributed by atoms with van der Waals surface area (Å²) in [5.74, 6) is -1.80. The zero-order valence-electron chi connectivity index (χ0n) is 11.2. The van der Waals surface area contributed by atoms with E-state index < -0.39 is 26.6 Å². The highest BCUT2D eigenvalue weighted by Crippen LogP contribution is 2.26. The van der Waals surface area contributed by atoms with Gasteiger partial charge in [0.15, 0.2) is 0 Å². The van der Waals surface area contributed by atoms with E-state index in [1.54, 1.807) is 0 Å². The topological polar surface area (TPSA) is 63.4 Å². The van der Waals surface area contributed by atoms with Crippen molar-refractivity contribution in [2.75, 3.05) is 13.1 Å². The quantitative estimate of drug-likeness (QED) is 0.924. The van der Waals surface area contributed by atoms with Gasteiger partial charge in [-0.3, -0.25) is 0 Å². The van der Waals surface area contributed by atoms with Crippen molar-refractivity contribution >= 4 is 10.0 Å². The van der Waals surface area contributed by atoms with Crippen LogP contribution in [0.15, 0.2) is 23.1 Å². The number of benzene rings is 1. The monoisotopic (exact) mass is 304 g/mol. The van der Waals surface area contributed by atoms with E-state index in [4.69, 9.17) is 5.73 Å². The molecule has 1 aromatic rings. The van der Waals surface area contributed by atoms with E-state index >= 15 is 0 Å². The first-order chi connectivity index (χ1) is 9.32. The molecule has 2 N–H and O–H groups in total. The number of hydrogen-bond acceptors (Lipinski definition) is 3. The number of sulfonamides is 1. The van der Waals surface area contributed by atoms with Gasteiger partial charge in [-0.2, -0.15) is 4.31 Å². The molecule has 0 bridgehead atoms. The van der Waals surface area contributed by atoms with Crippen LogP contribution in [-0.4, -0.2) is 31.9 Å². The van der Waals surface area contributed by atoms with Gasteiger partial charge < -0.3 is 5.73 Å². The summed E-state index contributed by atoms with van der Waals surface area (Å²) in [6, 6.07) is 2.38. The van der Waals surface area contributed by atoms with E-state index in [1.165, 1.54) is 4.31 Å². The summed E-state index contributed by atoms with van der Waals surface area (Å²) in [6.07, 6.45) is 1.55. The van der Waals surface area contributed by atoms with Gasteiger partial charge in [0.25, 0.3) is 0 Å². The first kappa shape index (κ1) is 15.3. The number of hydrogen-bond donors (Lipinski definition) is 1. The zero-order valence-corrected chi connectivity index (χ0v) is 12.0. The fraction of sp³-hybridized carbons (Fsp3) is 0.538. The van der Waals surface area contributed by atoms with Crippen molar-refractivity contribution < 1.29 is 17.2 Å². The molecule has 0 amide bonds. The second-order valence-corrected chi connectivity index (χ2v) is 7.11. The molecule has 112 valence electrons. The van der Waals surface area contributed by atoms with E-state index in [-0.39, 0.29) is 18.5 Å². The summed E-state index contributed by atoms with van der Waals surface area (Å²) in [7, 11) is -3.94. The molecular formula is C13H18F2N2O2S. The Balaban J connectivity index is 2.30. The lowest BCUT2D eigenvalue weighted by atomic mass is 9.93.